The first-order chi connectivity index (χ1) is 11.2. The van der Waals surface area contributed by atoms with Gasteiger partial charge in [-0.1, -0.05) is 60.7 Å². The number of amides is 1. The SMILES string of the molecule is Cc1cc(C(=O)NN=C(c2ccccc2)c2ccccc2)n[nH]1. The minimum absolute atomic E-state index is 0.312. The lowest BCUT2D eigenvalue weighted by atomic mass is 10.0. The summed E-state index contributed by atoms with van der Waals surface area (Å²) < 4.78 is 0. The van der Waals surface area contributed by atoms with Gasteiger partial charge in [0.15, 0.2) is 5.69 Å². The Balaban J connectivity index is 1.91. The number of benzene rings is 2. The summed E-state index contributed by atoms with van der Waals surface area (Å²) in [5.41, 5.74) is 6.27. The zero-order chi connectivity index (χ0) is 16.1. The second-order valence-electron chi connectivity index (χ2n) is 5.07. The molecule has 0 aliphatic carbocycles. The predicted molar refractivity (Wildman–Crippen MR) is 89.3 cm³/mol. The van der Waals surface area contributed by atoms with E-state index in [-0.39, 0.29) is 5.91 Å². The summed E-state index contributed by atoms with van der Waals surface area (Å²) in [6.07, 6.45) is 0. The van der Waals surface area contributed by atoms with Gasteiger partial charge in [-0.25, -0.2) is 5.43 Å². The molecule has 5 heteroatoms. The molecule has 0 saturated heterocycles. The van der Waals surface area contributed by atoms with Crippen LogP contribution in [0.25, 0.3) is 0 Å². The molecular formula is C18H16N4O. The number of carbonyl (C=O) groups excluding carboxylic acids is 1. The van der Waals surface area contributed by atoms with Gasteiger partial charge in [-0.3, -0.25) is 9.89 Å². The Morgan fingerprint density at radius 2 is 1.57 bits per heavy atom. The zero-order valence-electron chi connectivity index (χ0n) is 12.7. The number of nitrogens with zero attached hydrogens (tertiary/aromatic N) is 2. The molecule has 23 heavy (non-hydrogen) atoms. The molecule has 1 amide bonds. The number of carbonyl (C=O) groups is 1. The van der Waals surface area contributed by atoms with E-state index in [4.69, 9.17) is 0 Å². The molecule has 0 spiro atoms. The van der Waals surface area contributed by atoms with E-state index in [1.54, 1.807) is 6.07 Å². The molecule has 0 aliphatic rings. The molecule has 2 N–H and O–H groups in total. The first-order valence-corrected chi connectivity index (χ1v) is 7.25. The van der Waals surface area contributed by atoms with Gasteiger partial charge in [-0.05, 0) is 13.0 Å². The standard InChI is InChI=1S/C18H16N4O/c1-13-12-16(20-19-13)18(23)22-21-17(14-8-4-2-5-9-14)15-10-6-3-7-11-15/h2-12H,1H3,(H,19,20)(H,22,23). The van der Waals surface area contributed by atoms with Gasteiger partial charge in [0.05, 0.1) is 5.71 Å². The summed E-state index contributed by atoms with van der Waals surface area (Å²) in [5, 5.41) is 11.0. The van der Waals surface area contributed by atoms with Crippen LogP contribution in [0.15, 0.2) is 71.8 Å². The first-order valence-electron chi connectivity index (χ1n) is 7.25. The average Bonchev–Trinajstić information content (AvgIpc) is 3.03. The van der Waals surface area contributed by atoms with Crippen molar-refractivity contribution in [1.29, 1.82) is 0 Å². The molecule has 3 rings (SSSR count). The Bertz CT molecular complexity index is 781. The first kappa shape index (κ1) is 14.7. The number of hydrogen-bond donors (Lipinski definition) is 2. The Kier molecular flexibility index (Phi) is 4.29. The van der Waals surface area contributed by atoms with Crippen LogP contribution in [-0.4, -0.2) is 21.8 Å². The molecule has 0 bridgehead atoms. The number of nitrogens with one attached hydrogen (secondary N) is 2. The van der Waals surface area contributed by atoms with E-state index in [9.17, 15) is 4.79 Å². The van der Waals surface area contributed by atoms with Crippen LogP contribution >= 0.6 is 0 Å². The zero-order valence-corrected chi connectivity index (χ0v) is 12.7. The highest BCUT2D eigenvalue weighted by atomic mass is 16.2. The minimum atomic E-state index is -0.348. The maximum atomic E-state index is 12.1. The Morgan fingerprint density at radius 1 is 1.00 bits per heavy atom. The molecule has 0 aliphatic heterocycles. The number of hydrazone groups is 1. The smallest absolute Gasteiger partial charge is 0.282 e. The van der Waals surface area contributed by atoms with Crippen molar-refractivity contribution in [2.75, 3.05) is 0 Å². The molecular weight excluding hydrogens is 288 g/mol. The summed E-state index contributed by atoms with van der Waals surface area (Å²) >= 11 is 0. The highest BCUT2D eigenvalue weighted by molar-refractivity contribution is 6.13. The van der Waals surface area contributed by atoms with Crippen molar-refractivity contribution in [2.24, 2.45) is 5.10 Å². The number of rotatable bonds is 4. The van der Waals surface area contributed by atoms with Crippen LogP contribution in [0.1, 0.15) is 27.3 Å². The van der Waals surface area contributed by atoms with Crippen molar-refractivity contribution in [2.45, 2.75) is 6.92 Å². The monoisotopic (exact) mass is 304 g/mol. The fourth-order valence-electron chi connectivity index (χ4n) is 2.19. The molecule has 0 radical (unpaired) electrons. The third-order valence-electron chi connectivity index (χ3n) is 3.30. The molecule has 5 nitrogen and oxygen atoms in total. The predicted octanol–water partition coefficient (Wildman–Crippen LogP) is 2.90. The summed E-state index contributed by atoms with van der Waals surface area (Å²) in [6, 6.07) is 21.1. The van der Waals surface area contributed by atoms with Crippen molar-refractivity contribution < 1.29 is 4.79 Å². The molecule has 1 heterocycles. The number of aromatic amines is 1. The van der Waals surface area contributed by atoms with Crippen LogP contribution in [0.2, 0.25) is 0 Å². The van der Waals surface area contributed by atoms with Crippen LogP contribution in [0, 0.1) is 6.92 Å². The Hall–Kier alpha value is -3.21. The highest BCUT2D eigenvalue weighted by Crippen LogP contribution is 2.10. The van der Waals surface area contributed by atoms with E-state index >= 15 is 0 Å². The Labute approximate surface area is 134 Å². The Morgan fingerprint density at radius 3 is 2.04 bits per heavy atom. The largest absolute Gasteiger partial charge is 0.291 e. The maximum Gasteiger partial charge on any atom is 0.291 e. The van der Waals surface area contributed by atoms with Crippen molar-refractivity contribution >= 4 is 11.6 Å². The molecule has 0 unspecified atom stereocenters. The number of aryl methyl sites for hydroxylation is 1. The number of H-pyrrole nitrogens is 1. The van der Waals surface area contributed by atoms with Crippen LogP contribution < -0.4 is 5.43 Å². The van der Waals surface area contributed by atoms with E-state index in [1.165, 1.54) is 0 Å². The normalized spacial score (nSPS) is 10.1. The van der Waals surface area contributed by atoms with Crippen LogP contribution in [0.3, 0.4) is 0 Å². The summed E-state index contributed by atoms with van der Waals surface area (Å²) in [7, 11) is 0. The third kappa shape index (κ3) is 3.52. The van der Waals surface area contributed by atoms with Gasteiger partial charge in [0.1, 0.15) is 0 Å². The van der Waals surface area contributed by atoms with Gasteiger partial charge in [-0.2, -0.15) is 10.2 Å². The summed E-state index contributed by atoms with van der Waals surface area (Å²) in [6.45, 7) is 1.84. The second-order valence-corrected chi connectivity index (χ2v) is 5.07. The van der Waals surface area contributed by atoms with E-state index < -0.39 is 0 Å². The maximum absolute atomic E-state index is 12.1. The van der Waals surface area contributed by atoms with Gasteiger partial charge >= 0.3 is 0 Å². The third-order valence-corrected chi connectivity index (χ3v) is 3.30. The highest BCUT2D eigenvalue weighted by Gasteiger charge is 2.11. The van der Waals surface area contributed by atoms with Crippen LogP contribution in [0.5, 0.6) is 0 Å². The summed E-state index contributed by atoms with van der Waals surface area (Å²) in [4.78, 5) is 12.1. The topological polar surface area (TPSA) is 70.1 Å². The molecule has 1 aromatic heterocycles. The summed E-state index contributed by atoms with van der Waals surface area (Å²) in [5.74, 6) is -0.348. The van der Waals surface area contributed by atoms with Gasteiger partial charge in [-0.15, -0.1) is 0 Å². The fraction of sp³-hybridized carbons (Fsp3) is 0.0556. The lowest BCUT2D eigenvalue weighted by Crippen LogP contribution is -2.21. The van der Waals surface area contributed by atoms with Crippen molar-refractivity contribution in [3.8, 4) is 0 Å². The van der Waals surface area contributed by atoms with E-state index in [0.29, 0.717) is 11.4 Å². The van der Waals surface area contributed by atoms with Gasteiger partial charge in [0, 0.05) is 16.8 Å². The average molecular weight is 304 g/mol. The number of aromatic nitrogens is 2. The van der Waals surface area contributed by atoms with E-state index in [0.717, 1.165) is 16.8 Å². The quantitative estimate of drug-likeness (QED) is 0.575. The van der Waals surface area contributed by atoms with E-state index in [2.05, 4.69) is 20.7 Å². The molecule has 3 aromatic rings. The van der Waals surface area contributed by atoms with Crippen molar-refractivity contribution in [1.82, 2.24) is 15.6 Å². The van der Waals surface area contributed by atoms with Crippen LogP contribution in [-0.2, 0) is 0 Å². The van der Waals surface area contributed by atoms with E-state index in [1.807, 2.05) is 67.6 Å². The minimum Gasteiger partial charge on any atom is -0.282 e. The lowest BCUT2D eigenvalue weighted by molar-refractivity contribution is 0.0950. The molecule has 0 saturated carbocycles. The fourth-order valence-corrected chi connectivity index (χ4v) is 2.19. The molecule has 2 aromatic carbocycles. The molecule has 114 valence electrons. The van der Waals surface area contributed by atoms with Gasteiger partial charge in [0.2, 0.25) is 0 Å². The molecule has 0 fully saturated rings. The van der Waals surface area contributed by atoms with Gasteiger partial charge in [0.25, 0.3) is 5.91 Å². The second kappa shape index (κ2) is 6.70. The van der Waals surface area contributed by atoms with Crippen LogP contribution in [0.4, 0.5) is 0 Å². The lowest BCUT2D eigenvalue weighted by Gasteiger charge is -2.07. The molecule has 0 atom stereocenters. The number of hydrogen-bond acceptors (Lipinski definition) is 3. The van der Waals surface area contributed by atoms with Gasteiger partial charge < -0.3 is 0 Å². The van der Waals surface area contributed by atoms with Crippen molar-refractivity contribution in [3.63, 3.8) is 0 Å². The van der Waals surface area contributed by atoms with Crippen molar-refractivity contribution in [3.05, 3.63) is 89.2 Å².